The minimum absolute atomic E-state index is 0.101. The average molecular weight is 276 g/mol. The van der Waals surface area contributed by atoms with Crippen molar-refractivity contribution in [2.45, 2.75) is 44.4 Å². The lowest BCUT2D eigenvalue weighted by Crippen LogP contribution is -2.39. The fourth-order valence-electron chi connectivity index (χ4n) is 3.12. The van der Waals surface area contributed by atoms with Gasteiger partial charge in [0, 0.05) is 7.05 Å². The van der Waals surface area contributed by atoms with Crippen LogP contribution in [0.4, 0.5) is 11.4 Å². The summed E-state index contributed by atoms with van der Waals surface area (Å²) < 4.78 is 5.34. The van der Waals surface area contributed by atoms with Crippen molar-refractivity contribution in [2.75, 3.05) is 24.7 Å². The average Bonchev–Trinajstić information content (AvgIpc) is 2.48. The van der Waals surface area contributed by atoms with Crippen LogP contribution in [0.3, 0.4) is 0 Å². The predicted molar refractivity (Wildman–Crippen MR) is 81.8 cm³/mol. The maximum absolute atomic E-state index is 12.5. The van der Waals surface area contributed by atoms with E-state index in [1.165, 1.54) is 6.42 Å². The van der Waals surface area contributed by atoms with E-state index < -0.39 is 5.41 Å². The second-order valence-electron chi connectivity index (χ2n) is 5.42. The molecule has 110 valence electrons. The van der Waals surface area contributed by atoms with Gasteiger partial charge in [0.05, 0.1) is 23.4 Å². The van der Waals surface area contributed by atoms with E-state index in [4.69, 9.17) is 10.5 Å². The van der Waals surface area contributed by atoms with Gasteiger partial charge < -0.3 is 15.8 Å². The molecule has 0 amide bonds. The zero-order valence-electron chi connectivity index (χ0n) is 12.4. The van der Waals surface area contributed by atoms with Crippen LogP contribution in [0.1, 0.15) is 44.6 Å². The molecule has 0 spiro atoms. The number of esters is 1. The summed E-state index contributed by atoms with van der Waals surface area (Å²) in [6.45, 7) is 2.28. The minimum Gasteiger partial charge on any atom is -0.465 e. The third-order valence-electron chi connectivity index (χ3n) is 4.25. The van der Waals surface area contributed by atoms with E-state index in [9.17, 15) is 4.79 Å². The summed E-state index contributed by atoms with van der Waals surface area (Å²) >= 11 is 0. The van der Waals surface area contributed by atoms with Crippen LogP contribution in [0.25, 0.3) is 0 Å². The molecule has 0 aromatic heterocycles. The largest absolute Gasteiger partial charge is 0.465 e. The SMILES string of the molecule is CCOC(=O)C1(c2ccc(NC)c(N)c2)CCCCC1. The first-order valence-corrected chi connectivity index (χ1v) is 7.39. The molecular formula is C16H24N2O2. The highest BCUT2D eigenvalue weighted by molar-refractivity contribution is 5.84. The Hall–Kier alpha value is -1.71. The number of benzene rings is 1. The molecule has 1 aliphatic rings. The number of ether oxygens (including phenoxy) is 1. The fraction of sp³-hybridized carbons (Fsp3) is 0.562. The van der Waals surface area contributed by atoms with Crippen LogP contribution in [0.15, 0.2) is 18.2 Å². The molecule has 0 unspecified atom stereocenters. The summed E-state index contributed by atoms with van der Waals surface area (Å²) in [6, 6.07) is 5.87. The molecule has 2 rings (SSSR count). The van der Waals surface area contributed by atoms with Gasteiger partial charge in [0.1, 0.15) is 0 Å². The van der Waals surface area contributed by atoms with Crippen molar-refractivity contribution in [3.05, 3.63) is 23.8 Å². The lowest BCUT2D eigenvalue weighted by Gasteiger charge is -2.35. The van der Waals surface area contributed by atoms with Crippen molar-refractivity contribution in [3.8, 4) is 0 Å². The van der Waals surface area contributed by atoms with Crippen LogP contribution >= 0.6 is 0 Å². The molecule has 1 aliphatic carbocycles. The van der Waals surface area contributed by atoms with Crippen molar-refractivity contribution < 1.29 is 9.53 Å². The van der Waals surface area contributed by atoms with Gasteiger partial charge in [-0.1, -0.05) is 25.3 Å². The molecule has 1 aromatic carbocycles. The summed E-state index contributed by atoms with van der Waals surface area (Å²) in [5, 5.41) is 3.05. The number of nitrogens with one attached hydrogen (secondary N) is 1. The molecule has 0 radical (unpaired) electrons. The van der Waals surface area contributed by atoms with E-state index >= 15 is 0 Å². The number of nitrogens with two attached hydrogens (primary N) is 1. The number of carbonyl (C=O) groups excluding carboxylic acids is 1. The van der Waals surface area contributed by atoms with Gasteiger partial charge in [-0.05, 0) is 37.5 Å². The summed E-state index contributed by atoms with van der Waals surface area (Å²) in [5.74, 6) is -0.101. The number of nitrogen functional groups attached to an aromatic ring is 1. The smallest absolute Gasteiger partial charge is 0.316 e. The third-order valence-corrected chi connectivity index (χ3v) is 4.25. The van der Waals surface area contributed by atoms with Gasteiger partial charge in [-0.3, -0.25) is 4.79 Å². The second kappa shape index (κ2) is 6.16. The number of anilines is 2. The van der Waals surface area contributed by atoms with Crippen LogP contribution in [0, 0.1) is 0 Å². The van der Waals surface area contributed by atoms with Gasteiger partial charge in [0.15, 0.2) is 0 Å². The summed E-state index contributed by atoms with van der Waals surface area (Å²) in [4.78, 5) is 12.5. The first kappa shape index (κ1) is 14.7. The Labute approximate surface area is 120 Å². The zero-order valence-corrected chi connectivity index (χ0v) is 12.4. The Morgan fingerprint density at radius 3 is 2.60 bits per heavy atom. The highest BCUT2D eigenvalue weighted by Crippen LogP contribution is 2.42. The molecule has 3 N–H and O–H groups in total. The highest BCUT2D eigenvalue weighted by atomic mass is 16.5. The number of carbonyl (C=O) groups is 1. The molecular weight excluding hydrogens is 252 g/mol. The topological polar surface area (TPSA) is 64.3 Å². The zero-order chi connectivity index (χ0) is 14.6. The van der Waals surface area contributed by atoms with Crippen molar-refractivity contribution >= 4 is 17.3 Å². The first-order chi connectivity index (χ1) is 9.64. The first-order valence-electron chi connectivity index (χ1n) is 7.39. The Morgan fingerprint density at radius 1 is 1.35 bits per heavy atom. The third kappa shape index (κ3) is 2.60. The number of hydrogen-bond acceptors (Lipinski definition) is 4. The highest BCUT2D eigenvalue weighted by Gasteiger charge is 2.42. The Morgan fingerprint density at radius 2 is 2.05 bits per heavy atom. The molecule has 0 atom stereocenters. The fourth-order valence-corrected chi connectivity index (χ4v) is 3.12. The van der Waals surface area contributed by atoms with Crippen molar-refractivity contribution in [2.24, 2.45) is 0 Å². The van der Waals surface area contributed by atoms with Crippen LogP contribution in [0.2, 0.25) is 0 Å². The normalized spacial score (nSPS) is 17.5. The van der Waals surface area contributed by atoms with E-state index in [1.807, 2.05) is 32.2 Å². The quantitative estimate of drug-likeness (QED) is 0.655. The lowest BCUT2D eigenvalue weighted by atomic mass is 9.69. The standard InChI is InChI=1S/C16H24N2O2/c1-3-20-15(19)16(9-5-4-6-10-16)12-7-8-14(18-2)13(17)11-12/h7-8,11,18H,3-6,9-10,17H2,1-2H3. The molecule has 1 fully saturated rings. The summed E-state index contributed by atoms with van der Waals surface area (Å²) in [6.07, 6.45) is 5.01. The molecule has 0 bridgehead atoms. The molecule has 4 nitrogen and oxygen atoms in total. The molecule has 20 heavy (non-hydrogen) atoms. The van der Waals surface area contributed by atoms with Crippen LogP contribution in [0.5, 0.6) is 0 Å². The van der Waals surface area contributed by atoms with E-state index in [-0.39, 0.29) is 5.97 Å². The van der Waals surface area contributed by atoms with Gasteiger partial charge in [0.25, 0.3) is 0 Å². The van der Waals surface area contributed by atoms with E-state index in [0.29, 0.717) is 12.3 Å². The predicted octanol–water partition coefficient (Wildman–Crippen LogP) is 3.08. The van der Waals surface area contributed by atoms with Crippen molar-refractivity contribution in [3.63, 3.8) is 0 Å². The van der Waals surface area contributed by atoms with Gasteiger partial charge in [-0.2, -0.15) is 0 Å². The maximum atomic E-state index is 12.5. The molecule has 1 saturated carbocycles. The maximum Gasteiger partial charge on any atom is 0.316 e. The van der Waals surface area contributed by atoms with Gasteiger partial charge in [-0.25, -0.2) is 0 Å². The van der Waals surface area contributed by atoms with Crippen molar-refractivity contribution in [1.29, 1.82) is 0 Å². The van der Waals surface area contributed by atoms with Crippen LogP contribution in [-0.2, 0) is 14.9 Å². The Bertz CT molecular complexity index is 479. The molecule has 0 saturated heterocycles. The van der Waals surface area contributed by atoms with E-state index in [0.717, 1.165) is 36.9 Å². The number of rotatable bonds is 4. The minimum atomic E-state index is -0.505. The Balaban J connectivity index is 2.40. The van der Waals surface area contributed by atoms with Gasteiger partial charge >= 0.3 is 5.97 Å². The molecule has 0 aliphatic heterocycles. The summed E-state index contributed by atoms with van der Waals surface area (Å²) in [7, 11) is 1.84. The van der Waals surface area contributed by atoms with Gasteiger partial charge in [-0.15, -0.1) is 0 Å². The van der Waals surface area contributed by atoms with E-state index in [1.54, 1.807) is 0 Å². The van der Waals surface area contributed by atoms with E-state index in [2.05, 4.69) is 5.32 Å². The second-order valence-corrected chi connectivity index (χ2v) is 5.42. The van der Waals surface area contributed by atoms with Gasteiger partial charge in [0.2, 0.25) is 0 Å². The molecule has 0 heterocycles. The lowest BCUT2D eigenvalue weighted by molar-refractivity contribution is -0.151. The van der Waals surface area contributed by atoms with Crippen LogP contribution in [-0.4, -0.2) is 19.6 Å². The van der Waals surface area contributed by atoms with Crippen molar-refractivity contribution in [1.82, 2.24) is 0 Å². The Kier molecular flexibility index (Phi) is 4.53. The molecule has 4 heteroatoms. The molecule has 1 aromatic rings. The number of hydrogen-bond donors (Lipinski definition) is 2. The summed E-state index contributed by atoms with van der Waals surface area (Å²) in [5.41, 5.74) is 8.12. The van der Waals surface area contributed by atoms with Crippen LogP contribution < -0.4 is 11.1 Å². The monoisotopic (exact) mass is 276 g/mol.